The number of piperidine rings is 1. The fourth-order valence-corrected chi connectivity index (χ4v) is 11.6. The highest BCUT2D eigenvalue weighted by Gasteiger charge is 2.87. The monoisotopic (exact) mass is 571 g/mol. The molecule has 1 heterocycles. The minimum Gasteiger partial charge on any atom is -0.455 e. The van der Waals surface area contributed by atoms with Gasteiger partial charge in [0.2, 0.25) is 0 Å². The van der Waals surface area contributed by atoms with Gasteiger partial charge in [-0.25, -0.2) is 4.79 Å². The van der Waals surface area contributed by atoms with Gasteiger partial charge in [0.25, 0.3) is 0 Å². The summed E-state index contributed by atoms with van der Waals surface area (Å²) in [5, 5.41) is 24.2. The molecule has 0 amide bonds. The van der Waals surface area contributed by atoms with Crippen LogP contribution in [0.5, 0.6) is 0 Å². The summed E-state index contributed by atoms with van der Waals surface area (Å²) in [7, 11) is 8.50. The van der Waals surface area contributed by atoms with Crippen molar-refractivity contribution >= 4 is 11.8 Å². The lowest BCUT2D eigenvalue weighted by atomic mass is 9.43. The van der Waals surface area contributed by atoms with E-state index in [1.54, 1.807) is 45.6 Å². The molecule has 1 spiro atoms. The number of carbonyl (C=O) groups excluding carboxylic acids is 2. The van der Waals surface area contributed by atoms with Crippen LogP contribution in [0.4, 0.5) is 0 Å². The first kappa shape index (κ1) is 27.9. The van der Waals surface area contributed by atoms with Crippen LogP contribution >= 0.6 is 0 Å². The maximum atomic E-state index is 14.4. The van der Waals surface area contributed by atoms with Gasteiger partial charge in [-0.3, -0.25) is 4.79 Å². The number of carbonyl (C=O) groups is 2. The molecule has 41 heavy (non-hydrogen) atoms. The number of benzene rings is 1. The lowest BCUT2D eigenvalue weighted by molar-refractivity contribution is -0.277. The minimum atomic E-state index is -1.70. The first-order valence-corrected chi connectivity index (χ1v) is 14.6. The van der Waals surface area contributed by atoms with Crippen molar-refractivity contribution in [2.45, 2.75) is 55.0 Å². The molecule has 7 rings (SSSR count). The fraction of sp³-hybridized carbons (Fsp3) is 0.742. The summed E-state index contributed by atoms with van der Waals surface area (Å²) in [5.41, 5.74) is -2.57. The molecule has 224 valence electrons. The molecular weight excluding hydrogens is 530 g/mol. The Labute approximate surface area is 240 Å². The summed E-state index contributed by atoms with van der Waals surface area (Å²) < 4.78 is 30.5. The molecule has 0 radical (unpaired) electrons. The molecule has 14 atom stereocenters. The predicted molar refractivity (Wildman–Crippen MR) is 144 cm³/mol. The minimum absolute atomic E-state index is 0.0986. The third kappa shape index (κ3) is 3.12. The third-order valence-electron chi connectivity index (χ3n) is 12.2. The number of aliphatic hydroxyl groups is 2. The van der Waals surface area contributed by atoms with Crippen molar-refractivity contribution in [3.8, 4) is 0 Å². The predicted octanol–water partition coefficient (Wildman–Crippen LogP) is 0.781. The molecule has 1 aliphatic heterocycles. The van der Waals surface area contributed by atoms with Gasteiger partial charge in [-0.15, -0.1) is 0 Å². The lowest BCUT2D eigenvalue weighted by Crippen LogP contribution is -2.76. The van der Waals surface area contributed by atoms with Crippen LogP contribution in [0.25, 0.3) is 0 Å². The van der Waals surface area contributed by atoms with Gasteiger partial charge in [-0.05, 0) is 31.5 Å². The molecule has 1 saturated heterocycles. The van der Waals surface area contributed by atoms with Crippen LogP contribution in [-0.2, 0) is 28.5 Å². The van der Waals surface area contributed by atoms with E-state index in [-0.39, 0.29) is 48.2 Å². The van der Waals surface area contributed by atoms with Crippen molar-refractivity contribution in [3.05, 3.63) is 35.9 Å². The van der Waals surface area contributed by atoms with Crippen LogP contribution in [0.2, 0.25) is 0 Å². The molecule has 1 aromatic rings. The van der Waals surface area contributed by atoms with Crippen LogP contribution in [0.15, 0.2) is 30.3 Å². The zero-order valence-electron chi connectivity index (χ0n) is 24.3. The van der Waals surface area contributed by atoms with Gasteiger partial charge in [-0.2, -0.15) is 0 Å². The zero-order valence-corrected chi connectivity index (χ0v) is 24.3. The third-order valence-corrected chi connectivity index (χ3v) is 12.2. The van der Waals surface area contributed by atoms with Crippen molar-refractivity contribution in [3.63, 3.8) is 0 Å². The Morgan fingerprint density at radius 2 is 1.80 bits per heavy atom. The maximum absolute atomic E-state index is 14.4. The molecule has 5 aliphatic carbocycles. The molecule has 2 N–H and O–H groups in total. The highest BCUT2D eigenvalue weighted by atomic mass is 16.6. The van der Waals surface area contributed by atoms with Gasteiger partial charge in [0.05, 0.1) is 30.5 Å². The van der Waals surface area contributed by atoms with E-state index in [0.717, 1.165) is 0 Å². The number of likely N-dealkylation sites (tertiary alicyclic amines) is 1. The molecule has 7 bridgehead atoms. The standard InChI is InChI=1S/C31H41NO9/c1-32-13-29(14-37-2)17(33)11-18(38-3)31-16-12-30(36)26(41-28(35)15-9-7-6-8-10-15)19(16)20(22(34)27(30)40-5)21(25(31)32)23(39-4)24(29)31/h6-10,16-21,23-27,33,36H,11-14H2,1-5H3/t16-,17+,18-,19-,20-,21?,23-,24+,25?,26+,27+,29-,30-,31?/m0/s1. The first-order valence-electron chi connectivity index (χ1n) is 14.6. The second-order valence-corrected chi connectivity index (χ2v) is 13.4. The van der Waals surface area contributed by atoms with Crippen LogP contribution < -0.4 is 0 Å². The fourth-order valence-electron chi connectivity index (χ4n) is 11.6. The van der Waals surface area contributed by atoms with E-state index in [0.29, 0.717) is 25.1 Å². The van der Waals surface area contributed by atoms with Crippen LogP contribution in [0, 0.1) is 40.4 Å². The van der Waals surface area contributed by atoms with Crippen molar-refractivity contribution in [2.24, 2.45) is 40.4 Å². The topological polar surface area (TPSA) is 124 Å². The highest BCUT2D eigenvalue weighted by Crippen LogP contribution is 2.78. The number of Topliss-reactive ketones (excluding diaryl/α,β-unsaturated/α-hetero) is 1. The van der Waals surface area contributed by atoms with E-state index in [1.165, 1.54) is 7.11 Å². The number of hydrogen-bond donors (Lipinski definition) is 2. The number of nitrogens with zero attached hydrogens (tertiary/aromatic N) is 1. The van der Waals surface area contributed by atoms with E-state index in [9.17, 15) is 19.8 Å². The van der Waals surface area contributed by atoms with Gasteiger partial charge in [0, 0.05) is 81.9 Å². The van der Waals surface area contributed by atoms with Crippen molar-refractivity contribution in [2.75, 3.05) is 48.6 Å². The quantitative estimate of drug-likeness (QED) is 0.454. The number of ether oxygens (including phenoxy) is 5. The van der Waals surface area contributed by atoms with Gasteiger partial charge in [-0.1, -0.05) is 18.2 Å². The number of rotatable bonds is 7. The highest BCUT2D eigenvalue weighted by molar-refractivity contribution is 5.92. The molecular formula is C31H41NO9. The van der Waals surface area contributed by atoms with E-state index >= 15 is 0 Å². The summed E-state index contributed by atoms with van der Waals surface area (Å²) in [5.74, 6) is -2.44. The zero-order chi connectivity index (χ0) is 29.1. The Balaban J connectivity index is 1.44. The largest absolute Gasteiger partial charge is 0.455 e. The van der Waals surface area contributed by atoms with E-state index in [4.69, 9.17) is 23.7 Å². The molecule has 5 saturated carbocycles. The summed E-state index contributed by atoms with van der Waals surface area (Å²) in [6.45, 7) is 0.919. The molecule has 6 aliphatic rings. The van der Waals surface area contributed by atoms with E-state index < -0.39 is 52.5 Å². The second-order valence-electron chi connectivity index (χ2n) is 13.4. The average molecular weight is 572 g/mol. The molecule has 0 aromatic heterocycles. The number of esters is 1. The number of fused-ring (bicyclic) bond motifs is 2. The van der Waals surface area contributed by atoms with Crippen LogP contribution in [0.3, 0.4) is 0 Å². The number of aliphatic hydroxyl groups excluding tert-OH is 1. The van der Waals surface area contributed by atoms with Crippen molar-refractivity contribution < 1.29 is 43.5 Å². The molecule has 3 unspecified atom stereocenters. The average Bonchev–Trinajstić information content (AvgIpc) is 3.32. The van der Waals surface area contributed by atoms with Gasteiger partial charge >= 0.3 is 5.97 Å². The van der Waals surface area contributed by atoms with Crippen LogP contribution in [-0.4, -0.2) is 118 Å². The Morgan fingerprint density at radius 3 is 2.44 bits per heavy atom. The Bertz CT molecular complexity index is 1230. The Hall–Kier alpha value is -1.92. The number of ketones is 1. The van der Waals surface area contributed by atoms with E-state index in [1.807, 2.05) is 6.07 Å². The van der Waals surface area contributed by atoms with Gasteiger partial charge in [0.1, 0.15) is 17.8 Å². The van der Waals surface area contributed by atoms with Crippen LogP contribution in [0.1, 0.15) is 23.2 Å². The number of hydrogen-bond acceptors (Lipinski definition) is 10. The Morgan fingerprint density at radius 1 is 1.07 bits per heavy atom. The van der Waals surface area contributed by atoms with Crippen molar-refractivity contribution in [1.82, 2.24) is 4.90 Å². The number of methoxy groups -OCH3 is 4. The summed E-state index contributed by atoms with van der Waals surface area (Å²) >= 11 is 0. The summed E-state index contributed by atoms with van der Waals surface area (Å²) in [6.07, 6.45) is -2.91. The van der Waals surface area contributed by atoms with Gasteiger partial charge in [0.15, 0.2) is 5.78 Å². The van der Waals surface area contributed by atoms with E-state index in [2.05, 4.69) is 11.9 Å². The lowest BCUT2D eigenvalue weighted by Gasteiger charge is -2.68. The molecule has 10 heteroatoms. The molecule has 10 nitrogen and oxygen atoms in total. The van der Waals surface area contributed by atoms with Gasteiger partial charge < -0.3 is 38.8 Å². The van der Waals surface area contributed by atoms with Crippen molar-refractivity contribution in [1.29, 1.82) is 0 Å². The maximum Gasteiger partial charge on any atom is 0.338 e. The molecule has 1 aromatic carbocycles. The molecule has 6 fully saturated rings. The summed E-state index contributed by atoms with van der Waals surface area (Å²) in [4.78, 5) is 30.1. The SMILES string of the molecule is COC[C@@]12CN(C)C3C4[C@H]5C(=O)[C@@H](OC)[C@]6(O)C[C@@H]([C@@H]5[C@H]6OC(=O)c5ccccc5)C3([C@@H](OC)C[C@H]1O)[C@@H]2[C@H]4OC. The Kier molecular flexibility index (Phi) is 6.32. The smallest absolute Gasteiger partial charge is 0.338 e. The normalized spacial score (nSPS) is 51.1. The first-order chi connectivity index (χ1) is 19.7. The summed E-state index contributed by atoms with van der Waals surface area (Å²) in [6, 6.07) is 8.62. The second kappa shape index (κ2) is 9.29.